The van der Waals surface area contributed by atoms with Crippen molar-refractivity contribution in [1.82, 2.24) is 0 Å². The fourth-order valence-corrected chi connectivity index (χ4v) is 7.49. The highest BCUT2D eigenvalue weighted by atomic mass is 79.9. The van der Waals surface area contributed by atoms with Gasteiger partial charge in [0.15, 0.2) is 15.0 Å². The topological polar surface area (TPSA) is 66.8 Å². The van der Waals surface area contributed by atoms with Gasteiger partial charge in [-0.1, -0.05) is 45.9 Å². The molecular formula is C18H14BrFN2O3S2. The number of hydrogen-bond acceptors (Lipinski definition) is 4. The van der Waals surface area contributed by atoms with Crippen molar-refractivity contribution in [2.75, 3.05) is 16.4 Å². The summed E-state index contributed by atoms with van der Waals surface area (Å²) in [4.78, 5) is 18.3. The molecule has 2 aliphatic heterocycles. The third-order valence-electron chi connectivity index (χ3n) is 4.45. The molecule has 4 rings (SSSR count). The van der Waals surface area contributed by atoms with Crippen LogP contribution in [-0.2, 0) is 9.84 Å². The lowest BCUT2D eigenvalue weighted by Gasteiger charge is -2.25. The highest BCUT2D eigenvalue weighted by Crippen LogP contribution is 2.42. The molecule has 0 spiro atoms. The molecule has 0 aromatic heterocycles. The molecular weight excluding hydrogens is 455 g/mol. The van der Waals surface area contributed by atoms with Crippen molar-refractivity contribution in [3.05, 3.63) is 64.4 Å². The van der Waals surface area contributed by atoms with Crippen molar-refractivity contribution >= 4 is 54.3 Å². The van der Waals surface area contributed by atoms with Crippen LogP contribution in [0.4, 0.5) is 10.1 Å². The first-order chi connectivity index (χ1) is 12.8. The van der Waals surface area contributed by atoms with E-state index in [1.807, 2.05) is 0 Å². The SMILES string of the molecule is O=C(N=C1SC2CS(=O)(=O)CC2N1c1ccc(Br)cc1F)c1ccccc1. The molecule has 2 saturated heterocycles. The van der Waals surface area contributed by atoms with Crippen molar-refractivity contribution < 1.29 is 17.6 Å². The molecule has 5 nitrogen and oxygen atoms in total. The Morgan fingerprint density at radius 3 is 2.63 bits per heavy atom. The molecule has 0 saturated carbocycles. The average molecular weight is 469 g/mol. The van der Waals surface area contributed by atoms with Gasteiger partial charge in [-0.2, -0.15) is 4.99 Å². The Bertz CT molecular complexity index is 1040. The molecule has 2 heterocycles. The summed E-state index contributed by atoms with van der Waals surface area (Å²) in [5, 5.41) is 0.0512. The van der Waals surface area contributed by atoms with Gasteiger partial charge in [0.2, 0.25) is 0 Å². The van der Waals surface area contributed by atoms with Crippen LogP contribution in [0.3, 0.4) is 0 Å². The maximum Gasteiger partial charge on any atom is 0.279 e. The molecule has 2 aromatic carbocycles. The molecule has 1 amide bonds. The molecule has 0 radical (unpaired) electrons. The fraction of sp³-hybridized carbons (Fsp3) is 0.222. The largest absolute Gasteiger partial charge is 0.313 e. The number of nitrogens with zero attached hydrogens (tertiary/aromatic N) is 2. The second-order valence-electron chi connectivity index (χ2n) is 6.33. The minimum absolute atomic E-state index is 0.00444. The average Bonchev–Trinajstić information content (AvgIpc) is 3.07. The van der Waals surface area contributed by atoms with Gasteiger partial charge in [0.25, 0.3) is 5.91 Å². The summed E-state index contributed by atoms with van der Waals surface area (Å²) < 4.78 is 39.3. The predicted octanol–water partition coefficient (Wildman–Crippen LogP) is 3.50. The van der Waals surface area contributed by atoms with Gasteiger partial charge < -0.3 is 4.90 Å². The van der Waals surface area contributed by atoms with E-state index in [2.05, 4.69) is 20.9 Å². The van der Waals surface area contributed by atoms with E-state index >= 15 is 0 Å². The summed E-state index contributed by atoms with van der Waals surface area (Å²) in [6.07, 6.45) is 0. The zero-order chi connectivity index (χ0) is 19.2. The van der Waals surface area contributed by atoms with E-state index in [-0.39, 0.29) is 22.4 Å². The number of hydrogen-bond donors (Lipinski definition) is 0. The number of anilines is 1. The molecule has 2 aliphatic rings. The third kappa shape index (κ3) is 3.68. The number of carbonyl (C=O) groups excluding carboxylic acids is 1. The van der Waals surface area contributed by atoms with Crippen LogP contribution in [0.25, 0.3) is 0 Å². The third-order valence-corrected chi connectivity index (χ3v) is 8.16. The van der Waals surface area contributed by atoms with Gasteiger partial charge in [-0.25, -0.2) is 12.8 Å². The van der Waals surface area contributed by atoms with Crippen LogP contribution in [0, 0.1) is 5.82 Å². The van der Waals surface area contributed by atoms with Gasteiger partial charge in [0.05, 0.1) is 23.2 Å². The molecule has 2 unspecified atom stereocenters. The Morgan fingerprint density at radius 2 is 1.93 bits per heavy atom. The second-order valence-corrected chi connectivity index (χ2v) is 10.6. The van der Waals surface area contributed by atoms with E-state index in [4.69, 9.17) is 0 Å². The lowest BCUT2D eigenvalue weighted by Crippen LogP contribution is -2.38. The summed E-state index contributed by atoms with van der Waals surface area (Å²) >= 11 is 4.44. The number of rotatable bonds is 2. The van der Waals surface area contributed by atoms with Crippen LogP contribution in [0.5, 0.6) is 0 Å². The normalized spacial score (nSPS) is 25.0. The molecule has 2 fully saturated rings. The highest BCUT2D eigenvalue weighted by Gasteiger charge is 2.50. The Labute approximate surface area is 168 Å². The van der Waals surface area contributed by atoms with E-state index in [0.717, 1.165) is 0 Å². The van der Waals surface area contributed by atoms with Gasteiger partial charge in [-0.3, -0.25) is 4.79 Å². The quantitative estimate of drug-likeness (QED) is 0.674. The summed E-state index contributed by atoms with van der Waals surface area (Å²) in [5.41, 5.74) is 0.640. The first-order valence-corrected chi connectivity index (χ1v) is 11.6. The number of halogens is 2. The maximum atomic E-state index is 14.6. The molecule has 0 N–H and O–H groups in total. The van der Waals surface area contributed by atoms with Crippen LogP contribution < -0.4 is 4.90 Å². The van der Waals surface area contributed by atoms with Crippen LogP contribution in [-0.4, -0.2) is 42.3 Å². The van der Waals surface area contributed by atoms with E-state index in [1.54, 1.807) is 47.4 Å². The smallest absolute Gasteiger partial charge is 0.279 e. The summed E-state index contributed by atoms with van der Waals surface area (Å²) in [7, 11) is -3.21. The number of sulfone groups is 1. The number of aliphatic imine (C=N–C) groups is 1. The van der Waals surface area contributed by atoms with Gasteiger partial charge in [-0.05, 0) is 30.3 Å². The van der Waals surface area contributed by atoms with E-state index in [9.17, 15) is 17.6 Å². The number of fused-ring (bicyclic) bond motifs is 1. The molecule has 9 heteroatoms. The Balaban J connectivity index is 1.76. The van der Waals surface area contributed by atoms with Crippen LogP contribution in [0.15, 0.2) is 58.0 Å². The number of thioether (sulfide) groups is 1. The van der Waals surface area contributed by atoms with Crippen molar-refractivity contribution in [3.63, 3.8) is 0 Å². The van der Waals surface area contributed by atoms with Crippen molar-refractivity contribution in [2.24, 2.45) is 4.99 Å². The summed E-state index contributed by atoms with van der Waals surface area (Å²) in [5.74, 6) is -1.04. The van der Waals surface area contributed by atoms with E-state index in [0.29, 0.717) is 15.2 Å². The van der Waals surface area contributed by atoms with Crippen LogP contribution >= 0.6 is 27.7 Å². The van der Waals surface area contributed by atoms with Gasteiger partial charge in [-0.15, -0.1) is 0 Å². The second kappa shape index (κ2) is 7.03. The van der Waals surface area contributed by atoms with Gasteiger partial charge >= 0.3 is 0 Å². The molecule has 2 atom stereocenters. The predicted molar refractivity (Wildman–Crippen MR) is 109 cm³/mol. The lowest BCUT2D eigenvalue weighted by molar-refractivity contribution is 0.100. The van der Waals surface area contributed by atoms with Gasteiger partial charge in [0, 0.05) is 15.3 Å². The van der Waals surface area contributed by atoms with Gasteiger partial charge in [0.1, 0.15) is 5.82 Å². The number of amidine groups is 1. The lowest BCUT2D eigenvalue weighted by atomic mass is 10.2. The molecule has 0 aliphatic carbocycles. The zero-order valence-corrected chi connectivity index (χ0v) is 17.1. The molecule has 140 valence electrons. The Morgan fingerprint density at radius 1 is 1.19 bits per heavy atom. The Hall–Kier alpha value is -1.71. The molecule has 2 aromatic rings. The van der Waals surface area contributed by atoms with E-state index < -0.39 is 27.6 Å². The minimum Gasteiger partial charge on any atom is -0.313 e. The molecule has 0 bridgehead atoms. The number of benzene rings is 2. The summed E-state index contributed by atoms with van der Waals surface area (Å²) in [6, 6.07) is 12.7. The van der Waals surface area contributed by atoms with Crippen molar-refractivity contribution in [2.45, 2.75) is 11.3 Å². The highest BCUT2D eigenvalue weighted by molar-refractivity contribution is 9.10. The standard InChI is InChI=1S/C18H14BrFN2O3S2/c19-12-6-7-14(13(20)8-12)22-15-9-27(24,25)10-16(15)26-18(22)21-17(23)11-4-2-1-3-5-11/h1-8,15-16H,9-10H2. The van der Waals surface area contributed by atoms with E-state index in [1.165, 1.54) is 17.8 Å². The number of carbonyl (C=O) groups is 1. The maximum absolute atomic E-state index is 14.6. The van der Waals surface area contributed by atoms with Crippen LogP contribution in [0.2, 0.25) is 0 Å². The van der Waals surface area contributed by atoms with Crippen molar-refractivity contribution in [1.29, 1.82) is 0 Å². The minimum atomic E-state index is -3.21. The molecule has 27 heavy (non-hydrogen) atoms. The first-order valence-electron chi connectivity index (χ1n) is 8.13. The number of amides is 1. The first kappa shape index (κ1) is 18.6. The van der Waals surface area contributed by atoms with Crippen LogP contribution in [0.1, 0.15) is 10.4 Å². The summed E-state index contributed by atoms with van der Waals surface area (Å²) in [6.45, 7) is 0. The zero-order valence-electron chi connectivity index (χ0n) is 13.9. The Kier molecular flexibility index (Phi) is 4.85. The van der Waals surface area contributed by atoms with Crippen molar-refractivity contribution in [3.8, 4) is 0 Å². The monoisotopic (exact) mass is 468 g/mol. The fourth-order valence-electron chi connectivity index (χ4n) is 3.25.